The van der Waals surface area contributed by atoms with Gasteiger partial charge in [0.2, 0.25) is 5.91 Å². The molecule has 0 aliphatic heterocycles. The van der Waals surface area contributed by atoms with E-state index < -0.39 is 0 Å². The Kier molecular flexibility index (Phi) is 7.47. The summed E-state index contributed by atoms with van der Waals surface area (Å²) >= 11 is 0. The van der Waals surface area contributed by atoms with E-state index in [2.05, 4.69) is 51.2 Å². The van der Waals surface area contributed by atoms with Gasteiger partial charge in [-0.05, 0) is 81.8 Å². The highest BCUT2D eigenvalue weighted by atomic mass is 16.1. The molecule has 0 bridgehead atoms. The van der Waals surface area contributed by atoms with Crippen LogP contribution in [0.3, 0.4) is 0 Å². The maximum atomic E-state index is 12.3. The lowest BCUT2D eigenvalue weighted by Gasteiger charge is -2.12. The van der Waals surface area contributed by atoms with Crippen LogP contribution in [0.25, 0.3) is 16.7 Å². The molecule has 0 fully saturated rings. The van der Waals surface area contributed by atoms with Gasteiger partial charge in [-0.2, -0.15) is 5.10 Å². The summed E-state index contributed by atoms with van der Waals surface area (Å²) in [4.78, 5) is 17.2. The van der Waals surface area contributed by atoms with Gasteiger partial charge in [0.05, 0.1) is 11.4 Å². The third-order valence-corrected chi connectivity index (χ3v) is 6.26. The van der Waals surface area contributed by atoms with E-state index in [4.69, 9.17) is 10.1 Å². The summed E-state index contributed by atoms with van der Waals surface area (Å²) in [5, 5.41) is 8.96. The number of carbonyl (C=O) groups excluding carboxylic acids is 1. The first-order valence-corrected chi connectivity index (χ1v) is 11.5. The summed E-state index contributed by atoms with van der Waals surface area (Å²) in [7, 11) is 0. The summed E-state index contributed by atoms with van der Waals surface area (Å²) < 4.78 is 1.95. The Balaban J connectivity index is 1.81. The van der Waals surface area contributed by atoms with Crippen molar-refractivity contribution in [1.82, 2.24) is 20.1 Å². The molecule has 2 heterocycles. The molecule has 0 aliphatic rings. The number of amides is 1. The van der Waals surface area contributed by atoms with Crippen LogP contribution >= 0.6 is 0 Å². The Morgan fingerprint density at radius 3 is 2.48 bits per heavy atom. The minimum atomic E-state index is 0.123. The maximum absolute atomic E-state index is 12.3. The van der Waals surface area contributed by atoms with Gasteiger partial charge in [-0.25, -0.2) is 9.67 Å². The van der Waals surface area contributed by atoms with Crippen LogP contribution < -0.4 is 5.32 Å². The Hall–Kier alpha value is -2.69. The van der Waals surface area contributed by atoms with Gasteiger partial charge in [0.15, 0.2) is 5.65 Å². The predicted molar refractivity (Wildman–Crippen MR) is 128 cm³/mol. The summed E-state index contributed by atoms with van der Waals surface area (Å²) in [6.07, 6.45) is 5.88. The van der Waals surface area contributed by atoms with Gasteiger partial charge in [0.25, 0.3) is 0 Å². The number of hydrogen-bond donors (Lipinski definition) is 1. The Labute approximate surface area is 186 Å². The Bertz CT molecular complexity index is 1080. The number of aryl methyl sites for hydroxylation is 5. The monoisotopic (exact) mass is 420 g/mol. The largest absolute Gasteiger partial charge is 0.356 e. The number of fused-ring (bicyclic) bond motifs is 1. The van der Waals surface area contributed by atoms with E-state index >= 15 is 0 Å². The number of rotatable bonds is 9. The van der Waals surface area contributed by atoms with Crippen LogP contribution in [0.2, 0.25) is 0 Å². The molecule has 5 nitrogen and oxygen atoms in total. The van der Waals surface area contributed by atoms with Gasteiger partial charge in [-0.15, -0.1) is 0 Å². The molecule has 1 amide bonds. The molecule has 3 aromatic rings. The highest BCUT2D eigenvalue weighted by molar-refractivity contribution is 5.85. The molecule has 1 N–H and O–H groups in total. The second kappa shape index (κ2) is 10.1. The number of benzene rings is 1. The lowest BCUT2D eigenvalue weighted by Crippen LogP contribution is -2.24. The lowest BCUT2D eigenvalue weighted by molar-refractivity contribution is -0.121. The quantitative estimate of drug-likeness (QED) is 0.459. The number of aromatic nitrogens is 3. The zero-order valence-electron chi connectivity index (χ0n) is 19.9. The molecule has 0 unspecified atom stereocenters. The van der Waals surface area contributed by atoms with Crippen LogP contribution in [0.1, 0.15) is 72.7 Å². The molecule has 5 heteroatoms. The molecule has 2 aromatic heterocycles. The summed E-state index contributed by atoms with van der Waals surface area (Å²) in [6.45, 7) is 13.4. The fraction of sp³-hybridized carbons (Fsp3) is 0.500. The zero-order valence-corrected chi connectivity index (χ0v) is 19.9. The van der Waals surface area contributed by atoms with E-state index in [1.807, 2.05) is 18.5 Å². The van der Waals surface area contributed by atoms with Gasteiger partial charge < -0.3 is 5.32 Å². The first-order chi connectivity index (χ1) is 14.8. The molecule has 0 aliphatic carbocycles. The summed E-state index contributed by atoms with van der Waals surface area (Å²) in [5.74, 6) is 0.123. The van der Waals surface area contributed by atoms with Crippen LogP contribution in [0.4, 0.5) is 0 Å². The SMILES string of the molecule is CCCCCCNC(=O)CCc1c(C)nc2c(c(C)nn2-c2ccc(C)c(C)c2)c1C. The van der Waals surface area contributed by atoms with E-state index in [-0.39, 0.29) is 5.91 Å². The van der Waals surface area contributed by atoms with Crippen LogP contribution in [0, 0.1) is 34.6 Å². The zero-order chi connectivity index (χ0) is 22.5. The minimum Gasteiger partial charge on any atom is -0.356 e. The molecule has 0 spiro atoms. The number of unbranched alkanes of at least 4 members (excludes halogenated alkanes) is 3. The van der Waals surface area contributed by atoms with Gasteiger partial charge in [0.1, 0.15) is 0 Å². The maximum Gasteiger partial charge on any atom is 0.220 e. The van der Waals surface area contributed by atoms with Crippen molar-refractivity contribution in [2.75, 3.05) is 6.54 Å². The molecule has 31 heavy (non-hydrogen) atoms. The highest BCUT2D eigenvalue weighted by Gasteiger charge is 2.18. The minimum absolute atomic E-state index is 0.123. The molecule has 0 radical (unpaired) electrons. The average molecular weight is 421 g/mol. The Morgan fingerprint density at radius 2 is 1.77 bits per heavy atom. The van der Waals surface area contributed by atoms with Gasteiger partial charge in [0, 0.05) is 24.0 Å². The predicted octanol–water partition coefficient (Wildman–Crippen LogP) is 5.59. The van der Waals surface area contributed by atoms with E-state index in [0.717, 1.165) is 46.6 Å². The van der Waals surface area contributed by atoms with Gasteiger partial charge >= 0.3 is 0 Å². The van der Waals surface area contributed by atoms with Crippen molar-refractivity contribution < 1.29 is 4.79 Å². The van der Waals surface area contributed by atoms with E-state index in [1.165, 1.54) is 36.0 Å². The molecule has 3 rings (SSSR count). The van der Waals surface area contributed by atoms with Crippen LogP contribution in [-0.4, -0.2) is 27.2 Å². The van der Waals surface area contributed by atoms with E-state index in [1.54, 1.807) is 0 Å². The second-order valence-electron chi connectivity index (χ2n) is 8.68. The van der Waals surface area contributed by atoms with E-state index in [0.29, 0.717) is 12.8 Å². The van der Waals surface area contributed by atoms with Crippen LogP contribution in [-0.2, 0) is 11.2 Å². The molecule has 166 valence electrons. The van der Waals surface area contributed by atoms with Crippen molar-refractivity contribution in [1.29, 1.82) is 0 Å². The van der Waals surface area contributed by atoms with Gasteiger partial charge in [-0.3, -0.25) is 4.79 Å². The second-order valence-corrected chi connectivity index (χ2v) is 8.68. The molecule has 0 saturated heterocycles. The number of carbonyl (C=O) groups is 1. The number of nitrogens with zero attached hydrogens (tertiary/aromatic N) is 3. The van der Waals surface area contributed by atoms with E-state index in [9.17, 15) is 4.79 Å². The van der Waals surface area contributed by atoms with Crippen molar-refractivity contribution in [3.05, 3.63) is 51.8 Å². The number of pyridine rings is 1. The first kappa shape index (κ1) is 23.0. The smallest absolute Gasteiger partial charge is 0.220 e. The Morgan fingerprint density at radius 1 is 1.00 bits per heavy atom. The molecular weight excluding hydrogens is 384 g/mol. The third-order valence-electron chi connectivity index (χ3n) is 6.26. The fourth-order valence-corrected chi connectivity index (χ4v) is 4.22. The third kappa shape index (κ3) is 5.15. The molecule has 0 atom stereocenters. The van der Waals surface area contributed by atoms with Crippen LogP contribution in [0.15, 0.2) is 18.2 Å². The number of hydrogen-bond acceptors (Lipinski definition) is 3. The van der Waals surface area contributed by atoms with Crippen molar-refractivity contribution in [3.63, 3.8) is 0 Å². The average Bonchev–Trinajstić information content (AvgIpc) is 3.06. The summed E-state index contributed by atoms with van der Waals surface area (Å²) in [5.41, 5.74) is 8.73. The van der Waals surface area contributed by atoms with Crippen molar-refractivity contribution in [2.45, 2.75) is 80.1 Å². The summed E-state index contributed by atoms with van der Waals surface area (Å²) in [6, 6.07) is 6.38. The topological polar surface area (TPSA) is 59.8 Å². The standard InChI is InChI=1S/C26H36N4O/c1-7-8-9-10-15-27-24(31)14-13-23-19(4)25-21(6)29-30(26(25)28-20(23)5)22-12-11-17(2)18(3)16-22/h11-12,16H,7-10,13-15H2,1-6H3,(H,27,31). The normalized spacial score (nSPS) is 11.3. The molecule has 0 saturated carbocycles. The fourth-order valence-electron chi connectivity index (χ4n) is 4.22. The van der Waals surface area contributed by atoms with Crippen molar-refractivity contribution in [3.8, 4) is 5.69 Å². The first-order valence-electron chi connectivity index (χ1n) is 11.5. The lowest BCUT2D eigenvalue weighted by atomic mass is 9.99. The van der Waals surface area contributed by atoms with Crippen molar-refractivity contribution in [2.24, 2.45) is 0 Å². The molecular formula is C26H36N4O. The highest BCUT2D eigenvalue weighted by Crippen LogP contribution is 2.28. The molecule has 1 aromatic carbocycles. The van der Waals surface area contributed by atoms with Gasteiger partial charge in [-0.1, -0.05) is 32.3 Å². The van der Waals surface area contributed by atoms with Crippen LogP contribution in [0.5, 0.6) is 0 Å². The van der Waals surface area contributed by atoms with Crippen molar-refractivity contribution >= 4 is 16.9 Å². The number of nitrogens with one attached hydrogen (secondary N) is 1.